The molecule has 1 fully saturated rings. The summed E-state index contributed by atoms with van der Waals surface area (Å²) < 4.78 is 0. The van der Waals surface area contributed by atoms with Crippen LogP contribution in [0.25, 0.3) is 0 Å². The van der Waals surface area contributed by atoms with Gasteiger partial charge in [-0.3, -0.25) is 9.69 Å². The number of nitrogens with zero attached hydrogens (tertiary/aromatic N) is 2. The summed E-state index contributed by atoms with van der Waals surface area (Å²) in [5.41, 5.74) is 0. The van der Waals surface area contributed by atoms with Gasteiger partial charge in [0.15, 0.2) is 0 Å². The maximum absolute atomic E-state index is 12.4. The number of thiophene rings is 2. The zero-order valence-corrected chi connectivity index (χ0v) is 15.9. The topological polar surface area (TPSA) is 35.6 Å². The molecule has 0 aromatic carbocycles. The van der Waals surface area contributed by atoms with Gasteiger partial charge in [-0.2, -0.15) is 0 Å². The highest BCUT2D eigenvalue weighted by atomic mass is 32.1. The normalized spacial score (nSPS) is 19.1. The van der Waals surface area contributed by atoms with Crippen LogP contribution in [0.2, 0.25) is 0 Å². The van der Waals surface area contributed by atoms with Gasteiger partial charge in [-0.05, 0) is 36.4 Å². The Hall–Kier alpha value is -1.21. The number of carbonyl (C=O) groups excluding carboxylic acids is 1. The minimum Gasteiger partial charge on any atom is -0.347 e. The van der Waals surface area contributed by atoms with Gasteiger partial charge in [0.1, 0.15) is 0 Å². The molecule has 1 saturated heterocycles. The van der Waals surface area contributed by atoms with Crippen molar-refractivity contribution in [1.29, 1.82) is 0 Å². The fourth-order valence-corrected chi connectivity index (χ4v) is 4.92. The highest BCUT2D eigenvalue weighted by Gasteiger charge is 2.30. The number of amides is 1. The maximum atomic E-state index is 12.4. The lowest BCUT2D eigenvalue weighted by molar-refractivity contribution is 0.0755. The molecule has 130 valence electrons. The zero-order valence-electron chi connectivity index (χ0n) is 14.3. The fourth-order valence-electron chi connectivity index (χ4n) is 3.32. The lowest BCUT2D eigenvalue weighted by Gasteiger charge is -2.41. The van der Waals surface area contributed by atoms with Crippen molar-refractivity contribution < 1.29 is 4.79 Å². The van der Waals surface area contributed by atoms with Crippen LogP contribution in [0, 0.1) is 0 Å². The molecule has 3 rings (SSSR count). The van der Waals surface area contributed by atoms with Crippen LogP contribution in [0.5, 0.6) is 0 Å². The van der Waals surface area contributed by atoms with Gasteiger partial charge in [0.05, 0.1) is 10.9 Å². The molecule has 1 aliphatic rings. The lowest BCUT2D eigenvalue weighted by Crippen LogP contribution is -2.52. The van der Waals surface area contributed by atoms with E-state index in [4.69, 9.17) is 0 Å². The number of hydrogen-bond donors (Lipinski definition) is 1. The van der Waals surface area contributed by atoms with E-state index in [1.165, 1.54) is 16.2 Å². The van der Waals surface area contributed by atoms with E-state index in [0.717, 1.165) is 37.6 Å². The first kappa shape index (κ1) is 17.6. The molecule has 24 heavy (non-hydrogen) atoms. The molecule has 1 amide bonds. The molecule has 0 aliphatic carbocycles. The Labute approximate surface area is 152 Å². The number of rotatable bonds is 6. The van der Waals surface area contributed by atoms with Crippen molar-refractivity contribution in [2.45, 2.75) is 25.9 Å². The Morgan fingerprint density at radius 1 is 1.17 bits per heavy atom. The van der Waals surface area contributed by atoms with E-state index in [2.05, 4.69) is 46.5 Å². The summed E-state index contributed by atoms with van der Waals surface area (Å²) in [5.74, 6) is 0.0336. The Kier molecular flexibility index (Phi) is 6.05. The van der Waals surface area contributed by atoms with Crippen molar-refractivity contribution >= 4 is 28.6 Å². The molecule has 0 unspecified atom stereocenters. The average Bonchev–Trinajstić information content (AvgIpc) is 3.29. The second kappa shape index (κ2) is 8.25. The first-order valence-electron chi connectivity index (χ1n) is 8.53. The molecule has 0 radical (unpaired) electrons. The Bertz CT molecular complexity index is 619. The highest BCUT2D eigenvalue weighted by molar-refractivity contribution is 7.12. The van der Waals surface area contributed by atoms with E-state index < -0.39 is 0 Å². The molecule has 4 nitrogen and oxygen atoms in total. The minimum atomic E-state index is 0.0336. The SMILES string of the molecule is CCN1CCN([C@H](c2cccs2)[C@H](C)NC(=O)c2cccs2)CC1. The van der Waals surface area contributed by atoms with Crippen LogP contribution in [-0.4, -0.2) is 54.5 Å². The Balaban J connectivity index is 1.72. The van der Waals surface area contributed by atoms with Gasteiger partial charge in [0.2, 0.25) is 0 Å². The Morgan fingerprint density at radius 3 is 2.46 bits per heavy atom. The highest BCUT2D eigenvalue weighted by Crippen LogP contribution is 2.29. The van der Waals surface area contributed by atoms with Crippen LogP contribution in [-0.2, 0) is 0 Å². The van der Waals surface area contributed by atoms with Crippen molar-refractivity contribution in [2.75, 3.05) is 32.7 Å². The van der Waals surface area contributed by atoms with Crippen LogP contribution in [0.15, 0.2) is 35.0 Å². The van der Waals surface area contributed by atoms with E-state index in [0.29, 0.717) is 0 Å². The second-order valence-corrected chi connectivity index (χ2v) is 8.10. The van der Waals surface area contributed by atoms with Crippen molar-refractivity contribution in [1.82, 2.24) is 15.1 Å². The van der Waals surface area contributed by atoms with Crippen molar-refractivity contribution in [3.63, 3.8) is 0 Å². The molecule has 2 atom stereocenters. The molecule has 1 N–H and O–H groups in total. The molecule has 0 bridgehead atoms. The summed E-state index contributed by atoms with van der Waals surface area (Å²) in [4.78, 5) is 19.6. The van der Waals surface area contributed by atoms with Crippen molar-refractivity contribution in [2.24, 2.45) is 0 Å². The molecule has 2 aromatic heterocycles. The molecule has 2 aromatic rings. The summed E-state index contributed by atoms with van der Waals surface area (Å²) in [6.07, 6.45) is 0. The van der Waals surface area contributed by atoms with E-state index in [9.17, 15) is 4.79 Å². The van der Waals surface area contributed by atoms with Crippen LogP contribution < -0.4 is 5.32 Å². The van der Waals surface area contributed by atoms with E-state index >= 15 is 0 Å². The van der Waals surface area contributed by atoms with E-state index in [1.54, 1.807) is 11.3 Å². The average molecular weight is 364 g/mol. The predicted molar refractivity (Wildman–Crippen MR) is 102 cm³/mol. The number of carbonyl (C=O) groups is 1. The second-order valence-electron chi connectivity index (χ2n) is 6.17. The van der Waals surface area contributed by atoms with Gasteiger partial charge in [-0.25, -0.2) is 0 Å². The van der Waals surface area contributed by atoms with Crippen LogP contribution in [0.3, 0.4) is 0 Å². The van der Waals surface area contributed by atoms with Gasteiger partial charge < -0.3 is 10.2 Å². The smallest absolute Gasteiger partial charge is 0.261 e. The summed E-state index contributed by atoms with van der Waals surface area (Å²) in [7, 11) is 0. The zero-order chi connectivity index (χ0) is 16.9. The molecule has 0 saturated carbocycles. The van der Waals surface area contributed by atoms with Gasteiger partial charge in [-0.15, -0.1) is 22.7 Å². The molecule has 0 spiro atoms. The number of likely N-dealkylation sites (N-methyl/N-ethyl adjacent to an activating group) is 1. The first-order chi connectivity index (χ1) is 11.7. The summed E-state index contributed by atoms with van der Waals surface area (Å²) >= 11 is 3.27. The largest absolute Gasteiger partial charge is 0.347 e. The lowest BCUT2D eigenvalue weighted by atomic mass is 10.0. The van der Waals surface area contributed by atoms with Crippen LogP contribution in [0.1, 0.15) is 34.4 Å². The minimum absolute atomic E-state index is 0.0336. The molecular weight excluding hydrogens is 338 g/mol. The summed E-state index contributed by atoms with van der Waals surface area (Å²) in [6.45, 7) is 9.76. The predicted octanol–water partition coefficient (Wildman–Crippen LogP) is 3.31. The van der Waals surface area contributed by atoms with Crippen LogP contribution in [0.4, 0.5) is 0 Å². The molecule has 6 heteroatoms. The molecule has 3 heterocycles. The third-order valence-electron chi connectivity index (χ3n) is 4.66. The van der Waals surface area contributed by atoms with Crippen LogP contribution >= 0.6 is 22.7 Å². The summed E-state index contributed by atoms with van der Waals surface area (Å²) in [5, 5.41) is 7.28. The van der Waals surface area contributed by atoms with Gasteiger partial charge in [0.25, 0.3) is 5.91 Å². The number of nitrogens with one attached hydrogen (secondary N) is 1. The van der Waals surface area contributed by atoms with Crippen molar-refractivity contribution in [3.05, 3.63) is 44.8 Å². The standard InChI is InChI=1S/C18H25N3OS2/c1-3-20-8-10-21(11-9-20)17(15-6-4-12-23-15)14(2)19-18(22)16-7-5-13-24-16/h4-7,12-14,17H,3,8-11H2,1-2H3,(H,19,22)/t14-,17-/m0/s1. The van der Waals surface area contributed by atoms with Gasteiger partial charge in [-0.1, -0.05) is 19.1 Å². The summed E-state index contributed by atoms with van der Waals surface area (Å²) in [6, 6.07) is 8.41. The number of piperazine rings is 1. The monoisotopic (exact) mass is 363 g/mol. The molecular formula is C18H25N3OS2. The van der Waals surface area contributed by atoms with E-state index in [1.807, 2.05) is 17.5 Å². The first-order valence-corrected chi connectivity index (χ1v) is 10.3. The Morgan fingerprint density at radius 2 is 1.88 bits per heavy atom. The number of hydrogen-bond acceptors (Lipinski definition) is 5. The molecule has 1 aliphatic heterocycles. The van der Waals surface area contributed by atoms with Gasteiger partial charge >= 0.3 is 0 Å². The fraction of sp³-hybridized carbons (Fsp3) is 0.500. The van der Waals surface area contributed by atoms with E-state index in [-0.39, 0.29) is 18.0 Å². The third kappa shape index (κ3) is 4.06. The maximum Gasteiger partial charge on any atom is 0.261 e. The van der Waals surface area contributed by atoms with Crippen molar-refractivity contribution in [3.8, 4) is 0 Å². The van der Waals surface area contributed by atoms with Gasteiger partial charge in [0, 0.05) is 37.1 Å². The quantitative estimate of drug-likeness (QED) is 0.855. The third-order valence-corrected chi connectivity index (χ3v) is 6.47.